The van der Waals surface area contributed by atoms with Gasteiger partial charge in [0.15, 0.2) is 0 Å². The van der Waals surface area contributed by atoms with E-state index in [2.05, 4.69) is 22.3 Å². The summed E-state index contributed by atoms with van der Waals surface area (Å²) in [7, 11) is 4.02. The molecule has 0 saturated carbocycles. The zero-order chi connectivity index (χ0) is 17.1. The van der Waals surface area contributed by atoms with Crippen LogP contribution in [-0.2, 0) is 0 Å². The molecule has 3 nitrogen and oxygen atoms in total. The van der Waals surface area contributed by atoms with Gasteiger partial charge in [0.1, 0.15) is 4.88 Å². The lowest BCUT2D eigenvalue weighted by molar-refractivity contribution is 0.0946. The maximum absolute atomic E-state index is 12.6. The molecule has 0 unspecified atom stereocenters. The summed E-state index contributed by atoms with van der Waals surface area (Å²) in [5.74, 6) is -0.121. The van der Waals surface area contributed by atoms with E-state index in [1.54, 1.807) is 0 Å². The molecule has 124 valence electrons. The van der Waals surface area contributed by atoms with Gasteiger partial charge in [-0.3, -0.25) is 4.79 Å². The molecule has 1 amide bonds. The molecule has 0 bridgehead atoms. The highest BCUT2D eigenvalue weighted by Crippen LogP contribution is 2.35. The van der Waals surface area contributed by atoms with Crippen LogP contribution in [0.15, 0.2) is 54.6 Å². The second-order valence-corrected chi connectivity index (χ2v) is 7.27. The zero-order valence-electron chi connectivity index (χ0n) is 13.6. The number of hydrogen-bond acceptors (Lipinski definition) is 3. The van der Waals surface area contributed by atoms with Crippen molar-refractivity contribution in [2.45, 2.75) is 6.04 Å². The molecule has 0 fully saturated rings. The van der Waals surface area contributed by atoms with Crippen molar-refractivity contribution >= 4 is 38.9 Å². The van der Waals surface area contributed by atoms with Gasteiger partial charge in [-0.05, 0) is 25.7 Å². The number of halogens is 1. The van der Waals surface area contributed by atoms with Crippen LogP contribution in [0.25, 0.3) is 10.1 Å². The Balaban J connectivity index is 1.77. The van der Waals surface area contributed by atoms with Crippen molar-refractivity contribution in [1.29, 1.82) is 0 Å². The summed E-state index contributed by atoms with van der Waals surface area (Å²) >= 11 is 7.82. The molecule has 3 rings (SSSR count). The van der Waals surface area contributed by atoms with E-state index in [-0.39, 0.29) is 11.9 Å². The Morgan fingerprint density at radius 1 is 1.12 bits per heavy atom. The summed E-state index contributed by atoms with van der Waals surface area (Å²) in [5.41, 5.74) is 1.17. The van der Waals surface area contributed by atoms with Crippen LogP contribution >= 0.6 is 22.9 Å². The molecule has 0 saturated heterocycles. The molecule has 0 aliphatic heterocycles. The molecule has 5 heteroatoms. The number of thiophene rings is 1. The van der Waals surface area contributed by atoms with Crippen molar-refractivity contribution in [1.82, 2.24) is 10.2 Å². The van der Waals surface area contributed by atoms with Crippen molar-refractivity contribution in [3.8, 4) is 0 Å². The maximum Gasteiger partial charge on any atom is 0.262 e. The normalized spacial score (nSPS) is 12.5. The van der Waals surface area contributed by atoms with Gasteiger partial charge >= 0.3 is 0 Å². The molecule has 0 radical (unpaired) electrons. The third-order valence-electron chi connectivity index (χ3n) is 4.00. The highest BCUT2D eigenvalue weighted by molar-refractivity contribution is 7.21. The number of carbonyl (C=O) groups excluding carboxylic acids is 1. The number of carbonyl (C=O) groups is 1. The number of nitrogens with one attached hydrogen (secondary N) is 1. The van der Waals surface area contributed by atoms with Gasteiger partial charge in [0.2, 0.25) is 0 Å². The van der Waals surface area contributed by atoms with E-state index in [9.17, 15) is 4.79 Å². The highest BCUT2D eigenvalue weighted by atomic mass is 35.5. The van der Waals surface area contributed by atoms with Crippen molar-refractivity contribution in [2.75, 3.05) is 20.6 Å². The SMILES string of the molecule is CN(C)[C@H](CNC(=O)c1sc2ccccc2c1Cl)c1ccccc1. The summed E-state index contributed by atoms with van der Waals surface area (Å²) in [6.45, 7) is 0.528. The van der Waals surface area contributed by atoms with Gasteiger partial charge in [0, 0.05) is 16.6 Å². The lowest BCUT2D eigenvalue weighted by Gasteiger charge is -2.25. The van der Waals surface area contributed by atoms with Crippen LogP contribution in [0.5, 0.6) is 0 Å². The summed E-state index contributed by atoms with van der Waals surface area (Å²) < 4.78 is 1.03. The largest absolute Gasteiger partial charge is 0.349 e. The highest BCUT2D eigenvalue weighted by Gasteiger charge is 2.19. The van der Waals surface area contributed by atoms with Gasteiger partial charge in [-0.2, -0.15) is 0 Å². The standard InChI is InChI=1S/C19H19ClN2OS/c1-22(2)15(13-8-4-3-5-9-13)12-21-19(23)18-17(20)14-10-6-7-11-16(14)24-18/h3-11,15H,12H2,1-2H3,(H,21,23)/t15-/m1/s1. The predicted molar refractivity (Wildman–Crippen MR) is 102 cm³/mol. The van der Waals surface area contributed by atoms with Crippen LogP contribution in [0.1, 0.15) is 21.3 Å². The number of nitrogens with zero attached hydrogens (tertiary/aromatic N) is 1. The lowest BCUT2D eigenvalue weighted by atomic mass is 10.1. The minimum atomic E-state index is -0.121. The number of likely N-dealkylation sites (N-methyl/N-ethyl adjacent to an activating group) is 1. The van der Waals surface area contributed by atoms with E-state index < -0.39 is 0 Å². The quantitative estimate of drug-likeness (QED) is 0.723. The first-order valence-corrected chi connectivity index (χ1v) is 8.94. The van der Waals surface area contributed by atoms with E-state index in [4.69, 9.17) is 11.6 Å². The van der Waals surface area contributed by atoms with Gasteiger partial charge in [-0.25, -0.2) is 0 Å². The molecule has 1 heterocycles. The fourth-order valence-corrected chi connectivity index (χ4v) is 4.14. The average Bonchev–Trinajstić information content (AvgIpc) is 2.93. The Kier molecular flexibility index (Phi) is 5.19. The monoisotopic (exact) mass is 358 g/mol. The molecular formula is C19H19ClN2OS. The molecule has 0 aliphatic rings. The van der Waals surface area contributed by atoms with Crippen LogP contribution < -0.4 is 5.32 Å². The number of fused-ring (bicyclic) bond motifs is 1. The van der Waals surface area contributed by atoms with Crippen molar-refractivity contribution in [2.24, 2.45) is 0 Å². The first-order chi connectivity index (χ1) is 11.6. The van der Waals surface area contributed by atoms with E-state index in [1.165, 1.54) is 16.9 Å². The molecule has 24 heavy (non-hydrogen) atoms. The number of rotatable bonds is 5. The molecule has 2 aromatic carbocycles. The predicted octanol–water partition coefficient (Wildman–Crippen LogP) is 4.59. The maximum atomic E-state index is 12.6. The fourth-order valence-electron chi connectivity index (χ4n) is 2.70. The van der Waals surface area contributed by atoms with Crippen molar-refractivity contribution in [3.63, 3.8) is 0 Å². The Hall–Kier alpha value is -1.88. The second kappa shape index (κ2) is 7.34. The smallest absolute Gasteiger partial charge is 0.262 e. The van der Waals surface area contributed by atoms with Crippen LogP contribution in [0.3, 0.4) is 0 Å². The molecule has 1 atom stereocenters. The number of hydrogen-bond donors (Lipinski definition) is 1. The van der Waals surface area contributed by atoms with E-state index in [1.807, 2.05) is 56.6 Å². The summed E-state index contributed by atoms with van der Waals surface area (Å²) in [6, 6.07) is 18.1. The van der Waals surface area contributed by atoms with Crippen LogP contribution in [0.2, 0.25) is 5.02 Å². The molecule has 1 N–H and O–H groups in total. The Labute approximate surface area is 150 Å². The van der Waals surface area contributed by atoms with Gasteiger partial charge in [0.25, 0.3) is 5.91 Å². The third kappa shape index (κ3) is 3.46. The zero-order valence-corrected chi connectivity index (χ0v) is 15.2. The van der Waals surface area contributed by atoms with Crippen molar-refractivity contribution in [3.05, 3.63) is 70.1 Å². The molecular weight excluding hydrogens is 340 g/mol. The minimum Gasteiger partial charge on any atom is -0.349 e. The Morgan fingerprint density at radius 3 is 2.46 bits per heavy atom. The van der Waals surface area contributed by atoms with Crippen LogP contribution in [0, 0.1) is 0 Å². The van der Waals surface area contributed by atoms with Gasteiger partial charge in [-0.15, -0.1) is 11.3 Å². The van der Waals surface area contributed by atoms with E-state index in [0.29, 0.717) is 16.4 Å². The van der Waals surface area contributed by atoms with Crippen LogP contribution in [0.4, 0.5) is 0 Å². The minimum absolute atomic E-state index is 0.114. The third-order valence-corrected chi connectivity index (χ3v) is 5.68. The van der Waals surface area contributed by atoms with Gasteiger partial charge in [-0.1, -0.05) is 60.1 Å². The van der Waals surface area contributed by atoms with Gasteiger partial charge in [0.05, 0.1) is 11.1 Å². The molecule has 0 aliphatic carbocycles. The summed E-state index contributed by atoms with van der Waals surface area (Å²) in [5, 5.41) is 4.49. The molecule has 0 spiro atoms. The molecule has 1 aromatic heterocycles. The average molecular weight is 359 g/mol. The number of benzene rings is 2. The number of amides is 1. The van der Waals surface area contributed by atoms with Crippen molar-refractivity contribution < 1.29 is 4.79 Å². The summed E-state index contributed by atoms with van der Waals surface area (Å²) in [4.78, 5) is 15.3. The first kappa shape index (κ1) is 17.0. The Bertz CT molecular complexity index is 845. The Morgan fingerprint density at radius 2 is 1.79 bits per heavy atom. The molecule has 3 aromatic rings. The topological polar surface area (TPSA) is 32.3 Å². The lowest BCUT2D eigenvalue weighted by Crippen LogP contribution is -2.34. The second-order valence-electron chi connectivity index (χ2n) is 5.84. The first-order valence-electron chi connectivity index (χ1n) is 7.74. The van der Waals surface area contributed by atoms with Crippen LogP contribution in [-0.4, -0.2) is 31.4 Å². The van der Waals surface area contributed by atoms with Gasteiger partial charge < -0.3 is 10.2 Å². The van der Waals surface area contributed by atoms with E-state index >= 15 is 0 Å². The van der Waals surface area contributed by atoms with E-state index in [0.717, 1.165) is 10.1 Å². The fraction of sp³-hybridized carbons (Fsp3) is 0.211. The summed E-state index contributed by atoms with van der Waals surface area (Å²) in [6.07, 6.45) is 0.